The first-order chi connectivity index (χ1) is 13.5. The summed E-state index contributed by atoms with van der Waals surface area (Å²) in [5, 5.41) is 0.969. The number of H-pyrrole nitrogens is 1. The van der Waals surface area contributed by atoms with Crippen molar-refractivity contribution >= 4 is 22.8 Å². The summed E-state index contributed by atoms with van der Waals surface area (Å²) in [6.45, 7) is 1.09. The lowest BCUT2D eigenvalue weighted by Crippen LogP contribution is -2.49. The van der Waals surface area contributed by atoms with Crippen LogP contribution in [0.4, 0.5) is 19.3 Å². The van der Waals surface area contributed by atoms with Gasteiger partial charge >= 0.3 is 6.09 Å². The number of aryl methyl sites for hydroxylation is 1. The van der Waals surface area contributed by atoms with Crippen LogP contribution in [0.3, 0.4) is 0 Å². The van der Waals surface area contributed by atoms with E-state index in [0.29, 0.717) is 26.2 Å². The number of nitrogens with zero attached hydrogens (tertiary/aromatic N) is 5. The molecular weight excluding hydrogens is 370 g/mol. The van der Waals surface area contributed by atoms with Gasteiger partial charge in [-0.25, -0.2) is 23.5 Å². The number of carbonyl (C=O) groups is 1. The van der Waals surface area contributed by atoms with E-state index in [9.17, 15) is 13.6 Å². The molecule has 1 aliphatic heterocycles. The number of carbonyl (C=O) groups excluding carboxylic acids is 1. The van der Waals surface area contributed by atoms with Crippen molar-refractivity contribution in [2.45, 2.75) is 6.43 Å². The van der Waals surface area contributed by atoms with Gasteiger partial charge in [-0.05, 0) is 12.1 Å². The predicted octanol–water partition coefficient (Wildman–Crippen LogP) is 2.49. The van der Waals surface area contributed by atoms with E-state index < -0.39 is 19.1 Å². The van der Waals surface area contributed by atoms with E-state index in [1.165, 1.54) is 4.90 Å². The zero-order valence-electron chi connectivity index (χ0n) is 15.3. The van der Waals surface area contributed by atoms with Crippen molar-refractivity contribution in [1.29, 1.82) is 0 Å². The zero-order chi connectivity index (χ0) is 19.7. The van der Waals surface area contributed by atoms with Gasteiger partial charge in [0.15, 0.2) is 6.61 Å². The highest BCUT2D eigenvalue weighted by atomic mass is 19.3. The van der Waals surface area contributed by atoms with Gasteiger partial charge in [0.1, 0.15) is 11.3 Å². The van der Waals surface area contributed by atoms with Crippen LogP contribution in [-0.2, 0) is 11.8 Å². The molecule has 0 saturated carbocycles. The topological polar surface area (TPSA) is 79.3 Å². The monoisotopic (exact) mass is 390 g/mol. The van der Waals surface area contributed by atoms with Crippen LogP contribution in [0.1, 0.15) is 0 Å². The van der Waals surface area contributed by atoms with Crippen LogP contribution in [-0.4, -0.2) is 69.7 Å². The molecule has 3 aromatic rings. The highest BCUT2D eigenvalue weighted by Gasteiger charge is 2.24. The third kappa shape index (κ3) is 3.62. The maximum atomic E-state index is 12.2. The molecule has 10 heteroatoms. The average Bonchev–Trinajstić information content (AvgIpc) is 3.32. The first kappa shape index (κ1) is 18.2. The standard InChI is InChI=1S/C18H20F2N6O2/c1-24-9-14(22-11-24)13-8-12-15(2-3-21-17(12)23-13)25-4-6-26(7-5-25)18(27)28-10-16(19)20/h2-3,8-9,11,16H,4-7,10H2,1H3,(H,21,23). The smallest absolute Gasteiger partial charge is 0.410 e. The predicted molar refractivity (Wildman–Crippen MR) is 99.4 cm³/mol. The number of aromatic amines is 1. The van der Waals surface area contributed by atoms with Crippen molar-refractivity contribution in [2.24, 2.45) is 7.05 Å². The molecule has 1 saturated heterocycles. The fraction of sp³-hybridized carbons (Fsp3) is 0.389. The molecule has 1 amide bonds. The zero-order valence-corrected chi connectivity index (χ0v) is 15.3. The lowest BCUT2D eigenvalue weighted by molar-refractivity contribution is 0.0311. The normalized spacial score (nSPS) is 14.9. The first-order valence-corrected chi connectivity index (χ1v) is 8.92. The molecule has 1 aliphatic rings. The molecule has 0 aromatic carbocycles. The number of rotatable bonds is 4. The largest absolute Gasteiger partial charge is 0.443 e. The number of anilines is 1. The Hall–Kier alpha value is -3.17. The van der Waals surface area contributed by atoms with Gasteiger partial charge in [0.2, 0.25) is 0 Å². The Morgan fingerprint density at radius 2 is 2.07 bits per heavy atom. The molecule has 0 spiro atoms. The number of amides is 1. The summed E-state index contributed by atoms with van der Waals surface area (Å²) in [6.07, 6.45) is 2.05. The van der Waals surface area contributed by atoms with Crippen LogP contribution in [0, 0.1) is 0 Å². The van der Waals surface area contributed by atoms with E-state index >= 15 is 0 Å². The number of imidazole rings is 1. The summed E-state index contributed by atoms with van der Waals surface area (Å²) in [7, 11) is 1.91. The molecule has 4 heterocycles. The number of alkyl halides is 2. The maximum absolute atomic E-state index is 12.2. The Kier molecular flexibility index (Phi) is 4.84. The van der Waals surface area contributed by atoms with E-state index in [-0.39, 0.29) is 0 Å². The Labute approximate surface area is 159 Å². The third-order valence-electron chi connectivity index (χ3n) is 4.70. The maximum Gasteiger partial charge on any atom is 0.410 e. The Morgan fingerprint density at radius 3 is 2.75 bits per heavy atom. The van der Waals surface area contributed by atoms with E-state index in [0.717, 1.165) is 28.1 Å². The quantitative estimate of drug-likeness (QED) is 0.741. The first-order valence-electron chi connectivity index (χ1n) is 8.92. The fourth-order valence-corrected chi connectivity index (χ4v) is 3.33. The Morgan fingerprint density at radius 1 is 1.29 bits per heavy atom. The van der Waals surface area contributed by atoms with Crippen LogP contribution in [0.5, 0.6) is 0 Å². The van der Waals surface area contributed by atoms with E-state index in [1.807, 2.05) is 29.9 Å². The number of hydrogen-bond donors (Lipinski definition) is 1. The number of halogens is 2. The summed E-state index contributed by atoms with van der Waals surface area (Å²) < 4.78 is 30.9. The number of pyridine rings is 1. The summed E-state index contributed by atoms with van der Waals surface area (Å²) in [4.78, 5) is 27.5. The average molecular weight is 390 g/mol. The molecule has 28 heavy (non-hydrogen) atoms. The second kappa shape index (κ2) is 7.45. The SMILES string of the molecule is Cn1cnc(-c2cc3c(N4CCN(C(=O)OCC(F)F)CC4)ccnc3[nH]2)c1. The number of ether oxygens (including phenoxy) is 1. The highest BCUT2D eigenvalue weighted by molar-refractivity contribution is 5.93. The second-order valence-corrected chi connectivity index (χ2v) is 6.64. The summed E-state index contributed by atoms with van der Waals surface area (Å²) in [6, 6.07) is 3.95. The van der Waals surface area contributed by atoms with Gasteiger partial charge in [-0.3, -0.25) is 0 Å². The van der Waals surface area contributed by atoms with Crippen LogP contribution >= 0.6 is 0 Å². The molecule has 4 rings (SSSR count). The second-order valence-electron chi connectivity index (χ2n) is 6.64. The molecule has 0 bridgehead atoms. The minimum absolute atomic E-state index is 0.406. The molecule has 1 N–H and O–H groups in total. The van der Waals surface area contributed by atoms with Crippen LogP contribution in [0.25, 0.3) is 22.4 Å². The van der Waals surface area contributed by atoms with Crippen molar-refractivity contribution in [1.82, 2.24) is 24.4 Å². The minimum atomic E-state index is -2.66. The summed E-state index contributed by atoms with van der Waals surface area (Å²) in [5.74, 6) is 0. The van der Waals surface area contributed by atoms with Crippen molar-refractivity contribution < 1.29 is 18.3 Å². The molecule has 0 atom stereocenters. The lowest BCUT2D eigenvalue weighted by atomic mass is 10.2. The number of fused-ring (bicyclic) bond motifs is 1. The molecule has 148 valence electrons. The molecule has 3 aromatic heterocycles. The van der Waals surface area contributed by atoms with Gasteiger partial charge in [-0.15, -0.1) is 0 Å². The van der Waals surface area contributed by atoms with Crippen molar-refractivity contribution in [3.05, 3.63) is 30.9 Å². The number of nitrogens with one attached hydrogen (secondary N) is 1. The van der Waals surface area contributed by atoms with Gasteiger partial charge in [-0.2, -0.15) is 0 Å². The van der Waals surface area contributed by atoms with Crippen molar-refractivity contribution in [3.8, 4) is 11.4 Å². The number of aromatic nitrogens is 4. The van der Waals surface area contributed by atoms with Crippen LogP contribution < -0.4 is 4.90 Å². The number of piperazine rings is 1. The molecule has 8 nitrogen and oxygen atoms in total. The fourth-order valence-electron chi connectivity index (χ4n) is 3.33. The molecular formula is C18H20F2N6O2. The van der Waals surface area contributed by atoms with E-state index in [1.54, 1.807) is 12.5 Å². The van der Waals surface area contributed by atoms with Gasteiger partial charge in [-0.1, -0.05) is 0 Å². The molecule has 0 aliphatic carbocycles. The molecule has 0 unspecified atom stereocenters. The minimum Gasteiger partial charge on any atom is -0.443 e. The highest BCUT2D eigenvalue weighted by Crippen LogP contribution is 2.30. The van der Waals surface area contributed by atoms with Gasteiger partial charge in [0.05, 0.1) is 12.0 Å². The Bertz CT molecular complexity index is 978. The van der Waals surface area contributed by atoms with E-state index in [2.05, 4.69) is 24.6 Å². The third-order valence-corrected chi connectivity index (χ3v) is 4.70. The summed E-state index contributed by atoms with van der Waals surface area (Å²) in [5.41, 5.74) is 3.48. The van der Waals surface area contributed by atoms with Crippen LogP contribution in [0.15, 0.2) is 30.9 Å². The van der Waals surface area contributed by atoms with E-state index in [4.69, 9.17) is 0 Å². The van der Waals surface area contributed by atoms with Gasteiger partial charge in [0.25, 0.3) is 6.43 Å². The lowest BCUT2D eigenvalue weighted by Gasteiger charge is -2.35. The van der Waals surface area contributed by atoms with Crippen molar-refractivity contribution in [2.75, 3.05) is 37.7 Å². The van der Waals surface area contributed by atoms with Gasteiger partial charge in [0, 0.05) is 56.7 Å². The van der Waals surface area contributed by atoms with Crippen LogP contribution in [0.2, 0.25) is 0 Å². The summed E-state index contributed by atoms with van der Waals surface area (Å²) >= 11 is 0. The van der Waals surface area contributed by atoms with Gasteiger partial charge < -0.3 is 24.1 Å². The molecule has 0 radical (unpaired) electrons. The van der Waals surface area contributed by atoms with Crippen molar-refractivity contribution in [3.63, 3.8) is 0 Å². The molecule has 1 fully saturated rings. The Balaban J connectivity index is 1.49. The number of hydrogen-bond acceptors (Lipinski definition) is 5.